The molecule has 2 aromatic rings. The molecule has 1 aromatic carbocycles. The quantitative estimate of drug-likeness (QED) is 0.536. The summed E-state index contributed by atoms with van der Waals surface area (Å²) in [6, 6.07) is 1.77. The highest BCUT2D eigenvalue weighted by Crippen LogP contribution is 2.43. The van der Waals surface area contributed by atoms with E-state index >= 15 is 0 Å². The lowest BCUT2D eigenvalue weighted by molar-refractivity contribution is -0.137. The number of carbonyl (C=O) groups excluding carboxylic acids is 2. The van der Waals surface area contributed by atoms with Gasteiger partial charge in [0.05, 0.1) is 31.0 Å². The monoisotopic (exact) mass is 446 g/mol. The molecule has 10 nitrogen and oxygen atoms in total. The lowest BCUT2D eigenvalue weighted by atomic mass is 9.91. The molecular formula is C22H26N2O8. The zero-order valence-electron chi connectivity index (χ0n) is 18.4. The van der Waals surface area contributed by atoms with Crippen LogP contribution in [0.1, 0.15) is 37.0 Å². The molecule has 0 spiro atoms. The van der Waals surface area contributed by atoms with Gasteiger partial charge in [0.2, 0.25) is 11.8 Å². The van der Waals surface area contributed by atoms with Gasteiger partial charge < -0.3 is 29.6 Å². The van der Waals surface area contributed by atoms with Gasteiger partial charge in [0.15, 0.2) is 0 Å². The van der Waals surface area contributed by atoms with Crippen LogP contribution in [-0.2, 0) is 27.2 Å². The second-order valence-corrected chi connectivity index (χ2v) is 8.24. The molecule has 0 atom stereocenters. The highest BCUT2D eigenvalue weighted by Gasteiger charge is 2.31. The predicted octanol–water partition coefficient (Wildman–Crippen LogP) is 1.07. The molecule has 1 aromatic heterocycles. The molecule has 172 valence electrons. The maximum Gasteiger partial charge on any atom is 0.340 e. The van der Waals surface area contributed by atoms with Crippen molar-refractivity contribution in [3.8, 4) is 11.5 Å². The molecule has 0 radical (unpaired) electrons. The number of carboxylic acid groups (broad SMARTS) is 1. The summed E-state index contributed by atoms with van der Waals surface area (Å²) in [7, 11) is 1.50. The minimum Gasteiger partial charge on any atom is -0.496 e. The minimum atomic E-state index is -1.20. The molecule has 10 heteroatoms. The third-order valence-corrected chi connectivity index (χ3v) is 5.38. The maximum absolute atomic E-state index is 12.7. The predicted molar refractivity (Wildman–Crippen MR) is 114 cm³/mol. The summed E-state index contributed by atoms with van der Waals surface area (Å²) in [5.74, 6) is -1.36. The largest absolute Gasteiger partial charge is 0.496 e. The number of carboxylic acids is 1. The highest BCUT2D eigenvalue weighted by molar-refractivity contribution is 5.93. The Morgan fingerprint density at radius 1 is 1.19 bits per heavy atom. The van der Waals surface area contributed by atoms with Crippen molar-refractivity contribution in [3.05, 3.63) is 33.2 Å². The SMILES string of the molecule is COc1cc2c(c3oc(=O)c(CC(=O)NCC(=O)NCC(=O)O)c(C)c13)CCC(C)(C)O2. The first kappa shape index (κ1) is 23.1. The standard InChI is InChI=1S/C22H26N2O8/c1-11-13(7-16(25)23-9-17(26)24-10-18(27)28)21(29)31-20-12-5-6-22(2,3)32-14(12)8-15(30-4)19(11)20/h8H,5-7,9-10H2,1-4H3,(H,23,25)(H,24,26)(H,27,28). The maximum atomic E-state index is 12.7. The first-order chi connectivity index (χ1) is 15.0. The van der Waals surface area contributed by atoms with Crippen LogP contribution in [0.3, 0.4) is 0 Å². The van der Waals surface area contributed by atoms with Crippen LogP contribution in [0.4, 0.5) is 0 Å². The second-order valence-electron chi connectivity index (χ2n) is 8.24. The molecule has 2 amide bonds. The number of nitrogens with one attached hydrogen (secondary N) is 2. The molecule has 0 unspecified atom stereocenters. The van der Waals surface area contributed by atoms with Gasteiger partial charge in [0.1, 0.15) is 29.2 Å². The molecule has 0 bridgehead atoms. The number of aryl methyl sites for hydroxylation is 2. The Balaban J connectivity index is 1.90. The van der Waals surface area contributed by atoms with Crippen molar-refractivity contribution in [2.45, 2.75) is 45.6 Å². The van der Waals surface area contributed by atoms with Crippen LogP contribution in [0.2, 0.25) is 0 Å². The van der Waals surface area contributed by atoms with Crippen molar-refractivity contribution in [1.82, 2.24) is 10.6 Å². The van der Waals surface area contributed by atoms with E-state index in [2.05, 4.69) is 10.6 Å². The number of aliphatic carboxylic acids is 1. The minimum absolute atomic E-state index is 0.149. The van der Waals surface area contributed by atoms with Gasteiger partial charge in [0, 0.05) is 11.6 Å². The lowest BCUT2D eigenvalue weighted by Crippen LogP contribution is -2.39. The smallest absolute Gasteiger partial charge is 0.340 e. The second kappa shape index (κ2) is 8.89. The normalized spacial score (nSPS) is 14.2. The van der Waals surface area contributed by atoms with Gasteiger partial charge in [-0.15, -0.1) is 0 Å². The van der Waals surface area contributed by atoms with Crippen molar-refractivity contribution < 1.29 is 33.4 Å². The van der Waals surface area contributed by atoms with Gasteiger partial charge >= 0.3 is 11.6 Å². The Kier molecular flexibility index (Phi) is 6.42. The number of methoxy groups -OCH3 is 1. The number of hydrogen-bond donors (Lipinski definition) is 3. The molecule has 0 aliphatic carbocycles. The van der Waals surface area contributed by atoms with Crippen LogP contribution >= 0.6 is 0 Å². The Labute approximate surface area is 183 Å². The van der Waals surface area contributed by atoms with E-state index in [1.807, 2.05) is 13.8 Å². The molecule has 0 fully saturated rings. The van der Waals surface area contributed by atoms with Gasteiger partial charge in [-0.25, -0.2) is 4.79 Å². The average molecular weight is 446 g/mol. The van der Waals surface area contributed by atoms with Crippen molar-refractivity contribution in [1.29, 1.82) is 0 Å². The lowest BCUT2D eigenvalue weighted by Gasteiger charge is -2.33. The highest BCUT2D eigenvalue weighted by atomic mass is 16.5. The van der Waals surface area contributed by atoms with E-state index in [0.717, 1.165) is 12.0 Å². The molecule has 2 heterocycles. The van der Waals surface area contributed by atoms with E-state index in [-0.39, 0.29) is 17.6 Å². The van der Waals surface area contributed by atoms with E-state index in [9.17, 15) is 19.2 Å². The van der Waals surface area contributed by atoms with Gasteiger partial charge in [-0.1, -0.05) is 0 Å². The summed E-state index contributed by atoms with van der Waals surface area (Å²) in [4.78, 5) is 47.1. The Bertz CT molecular complexity index is 1150. The molecular weight excluding hydrogens is 420 g/mol. The number of carbonyl (C=O) groups is 3. The van der Waals surface area contributed by atoms with Crippen LogP contribution < -0.4 is 25.7 Å². The van der Waals surface area contributed by atoms with Crippen LogP contribution in [0, 0.1) is 6.92 Å². The van der Waals surface area contributed by atoms with E-state index in [0.29, 0.717) is 34.5 Å². The molecule has 3 N–H and O–H groups in total. The summed E-state index contributed by atoms with van der Waals surface area (Å²) in [5.41, 5.74) is 0.861. The van der Waals surface area contributed by atoms with E-state index in [4.69, 9.17) is 19.0 Å². The van der Waals surface area contributed by atoms with Gasteiger partial charge in [-0.2, -0.15) is 0 Å². The fraction of sp³-hybridized carbons (Fsp3) is 0.455. The van der Waals surface area contributed by atoms with Crippen molar-refractivity contribution in [3.63, 3.8) is 0 Å². The van der Waals surface area contributed by atoms with Crippen molar-refractivity contribution in [2.75, 3.05) is 20.2 Å². The Hall–Kier alpha value is -3.56. The molecule has 0 saturated carbocycles. The topological polar surface area (TPSA) is 144 Å². The number of benzene rings is 1. The number of fused-ring (bicyclic) bond motifs is 3. The molecule has 3 rings (SSSR count). The zero-order valence-corrected chi connectivity index (χ0v) is 18.4. The van der Waals surface area contributed by atoms with Crippen LogP contribution in [-0.4, -0.2) is 48.7 Å². The third-order valence-electron chi connectivity index (χ3n) is 5.38. The van der Waals surface area contributed by atoms with Crippen molar-refractivity contribution in [2.24, 2.45) is 0 Å². The van der Waals surface area contributed by atoms with E-state index < -0.39 is 36.5 Å². The first-order valence-corrected chi connectivity index (χ1v) is 10.1. The molecule has 0 saturated heterocycles. The summed E-state index contributed by atoms with van der Waals surface area (Å²) < 4.78 is 17.2. The van der Waals surface area contributed by atoms with Crippen LogP contribution in [0.25, 0.3) is 11.0 Å². The first-order valence-electron chi connectivity index (χ1n) is 10.1. The molecule has 32 heavy (non-hydrogen) atoms. The fourth-order valence-corrected chi connectivity index (χ4v) is 3.69. The molecule has 1 aliphatic rings. The number of rotatable bonds is 7. The fourth-order valence-electron chi connectivity index (χ4n) is 3.69. The van der Waals surface area contributed by atoms with Gasteiger partial charge in [0.25, 0.3) is 0 Å². The average Bonchev–Trinajstić information content (AvgIpc) is 2.71. The number of amides is 2. The van der Waals surface area contributed by atoms with Crippen molar-refractivity contribution >= 4 is 28.8 Å². The van der Waals surface area contributed by atoms with Gasteiger partial charge in [-0.05, 0) is 39.2 Å². The molecule has 1 aliphatic heterocycles. The summed E-state index contributed by atoms with van der Waals surface area (Å²) >= 11 is 0. The van der Waals surface area contributed by atoms with Crippen LogP contribution in [0.15, 0.2) is 15.3 Å². The third kappa shape index (κ3) is 4.84. The summed E-state index contributed by atoms with van der Waals surface area (Å²) in [5, 5.41) is 13.7. The number of ether oxygens (including phenoxy) is 2. The number of hydrogen-bond acceptors (Lipinski definition) is 7. The summed E-state index contributed by atoms with van der Waals surface area (Å²) in [6.07, 6.45) is 1.11. The van der Waals surface area contributed by atoms with E-state index in [1.54, 1.807) is 13.0 Å². The van der Waals surface area contributed by atoms with Crippen LogP contribution in [0.5, 0.6) is 11.5 Å². The van der Waals surface area contributed by atoms with Gasteiger partial charge in [-0.3, -0.25) is 14.4 Å². The Morgan fingerprint density at radius 3 is 2.53 bits per heavy atom. The summed E-state index contributed by atoms with van der Waals surface area (Å²) in [6.45, 7) is 4.72. The van der Waals surface area contributed by atoms with E-state index in [1.165, 1.54) is 7.11 Å². The Morgan fingerprint density at radius 2 is 1.88 bits per heavy atom. The zero-order chi connectivity index (χ0) is 23.6.